The molecule has 0 bridgehead atoms. The summed E-state index contributed by atoms with van der Waals surface area (Å²) in [7, 11) is 1.93. The molecular weight excluding hydrogens is 332 g/mol. The van der Waals surface area contributed by atoms with Crippen molar-refractivity contribution in [1.82, 2.24) is 4.90 Å². The number of thiophene rings is 1. The smallest absolute Gasteiger partial charge is 0.238 e. The lowest BCUT2D eigenvalue weighted by atomic mass is 10.1. The molecule has 1 aromatic heterocycles. The Kier molecular flexibility index (Phi) is 5.26. The van der Waals surface area contributed by atoms with E-state index in [0.717, 1.165) is 0 Å². The average Bonchev–Trinajstić information content (AvgIpc) is 2.98. The number of nitrogens with one attached hydrogen (secondary N) is 1. The molecule has 0 fully saturated rings. The molecule has 0 radical (unpaired) electrons. The first-order valence-corrected chi connectivity index (χ1v) is 8.95. The van der Waals surface area contributed by atoms with Gasteiger partial charge in [0.1, 0.15) is 0 Å². The number of ketones is 1. The molecular formula is C20H20N2O2S. The summed E-state index contributed by atoms with van der Waals surface area (Å²) in [5, 5.41) is 6.25. The summed E-state index contributed by atoms with van der Waals surface area (Å²) in [6.07, 6.45) is 0. The number of benzene rings is 2. The number of carbonyl (C=O) groups is 2. The minimum Gasteiger partial charge on any atom is -0.325 e. The Hall–Kier alpha value is -2.50. The lowest BCUT2D eigenvalue weighted by Crippen LogP contribution is -2.29. The molecule has 128 valence electrons. The lowest BCUT2D eigenvalue weighted by Gasteiger charge is -2.16. The molecule has 1 N–H and O–H groups in total. The van der Waals surface area contributed by atoms with Gasteiger partial charge in [-0.1, -0.05) is 30.3 Å². The van der Waals surface area contributed by atoms with Gasteiger partial charge in [-0.25, -0.2) is 0 Å². The SMILES string of the molecule is CC(=O)c1cccc(NC(=O)CN(C)Cc2csc3ccccc23)c1. The van der Waals surface area contributed by atoms with Gasteiger partial charge in [0.05, 0.1) is 6.54 Å². The Bertz CT molecular complexity index is 917. The van der Waals surface area contributed by atoms with Gasteiger partial charge in [-0.05, 0) is 48.5 Å². The average molecular weight is 352 g/mol. The summed E-state index contributed by atoms with van der Waals surface area (Å²) >= 11 is 1.72. The van der Waals surface area contributed by atoms with Crippen LogP contribution in [0.3, 0.4) is 0 Å². The van der Waals surface area contributed by atoms with E-state index in [1.54, 1.807) is 35.6 Å². The first-order chi connectivity index (χ1) is 12.0. The van der Waals surface area contributed by atoms with Crippen molar-refractivity contribution in [3.63, 3.8) is 0 Å². The number of amides is 1. The van der Waals surface area contributed by atoms with Crippen molar-refractivity contribution in [1.29, 1.82) is 0 Å². The number of carbonyl (C=O) groups excluding carboxylic acids is 2. The zero-order valence-corrected chi connectivity index (χ0v) is 15.1. The second-order valence-corrected chi connectivity index (χ2v) is 7.03. The molecule has 3 rings (SSSR count). The van der Waals surface area contributed by atoms with Crippen LogP contribution in [-0.2, 0) is 11.3 Å². The predicted octanol–water partition coefficient (Wildman–Crippen LogP) is 4.17. The van der Waals surface area contributed by atoms with Crippen LogP contribution < -0.4 is 5.32 Å². The van der Waals surface area contributed by atoms with Crippen molar-refractivity contribution in [3.8, 4) is 0 Å². The first-order valence-electron chi connectivity index (χ1n) is 8.07. The summed E-state index contributed by atoms with van der Waals surface area (Å²) in [6.45, 7) is 2.51. The summed E-state index contributed by atoms with van der Waals surface area (Å²) in [5.41, 5.74) is 2.47. The van der Waals surface area contributed by atoms with Crippen LogP contribution in [0.2, 0.25) is 0 Å². The molecule has 25 heavy (non-hydrogen) atoms. The fourth-order valence-electron chi connectivity index (χ4n) is 2.76. The number of hydrogen-bond donors (Lipinski definition) is 1. The normalized spacial score (nSPS) is 11.0. The molecule has 1 amide bonds. The van der Waals surface area contributed by atoms with Gasteiger partial charge in [-0.2, -0.15) is 0 Å². The summed E-state index contributed by atoms with van der Waals surface area (Å²) in [4.78, 5) is 25.7. The summed E-state index contributed by atoms with van der Waals surface area (Å²) in [6, 6.07) is 15.3. The molecule has 3 aromatic rings. The minimum absolute atomic E-state index is 0.0162. The molecule has 0 saturated carbocycles. The molecule has 0 aliphatic heterocycles. The maximum Gasteiger partial charge on any atom is 0.238 e. The number of rotatable bonds is 6. The largest absolute Gasteiger partial charge is 0.325 e. The van der Waals surface area contributed by atoms with Crippen LogP contribution in [0.1, 0.15) is 22.8 Å². The van der Waals surface area contributed by atoms with E-state index in [2.05, 4.69) is 22.8 Å². The number of Topliss-reactive ketones (excluding diaryl/α,β-unsaturated/α-hetero) is 1. The Morgan fingerprint density at radius 1 is 1.12 bits per heavy atom. The van der Waals surface area contributed by atoms with Crippen LogP contribution in [0, 0.1) is 0 Å². The van der Waals surface area contributed by atoms with Crippen LogP contribution in [-0.4, -0.2) is 30.2 Å². The molecule has 4 nitrogen and oxygen atoms in total. The van der Waals surface area contributed by atoms with Gasteiger partial charge in [0.2, 0.25) is 5.91 Å². The van der Waals surface area contributed by atoms with E-state index in [0.29, 0.717) is 17.8 Å². The van der Waals surface area contributed by atoms with Crippen LogP contribution in [0.25, 0.3) is 10.1 Å². The van der Waals surface area contributed by atoms with Crippen molar-refractivity contribution in [2.45, 2.75) is 13.5 Å². The molecule has 1 heterocycles. The topological polar surface area (TPSA) is 49.4 Å². The molecule has 0 aliphatic rings. The van der Waals surface area contributed by atoms with E-state index >= 15 is 0 Å². The number of hydrogen-bond acceptors (Lipinski definition) is 4. The van der Waals surface area contributed by atoms with Crippen molar-refractivity contribution < 1.29 is 9.59 Å². The monoisotopic (exact) mass is 352 g/mol. The van der Waals surface area contributed by atoms with Crippen LogP contribution >= 0.6 is 11.3 Å². The van der Waals surface area contributed by atoms with Gasteiger partial charge in [0.15, 0.2) is 5.78 Å². The highest BCUT2D eigenvalue weighted by Crippen LogP contribution is 2.26. The second-order valence-electron chi connectivity index (χ2n) is 6.11. The summed E-state index contributed by atoms with van der Waals surface area (Å²) < 4.78 is 1.26. The quantitative estimate of drug-likeness (QED) is 0.677. The van der Waals surface area contributed by atoms with E-state index in [-0.39, 0.29) is 18.2 Å². The van der Waals surface area contributed by atoms with E-state index in [1.165, 1.54) is 22.6 Å². The van der Waals surface area contributed by atoms with Gasteiger partial charge in [-0.15, -0.1) is 11.3 Å². The lowest BCUT2D eigenvalue weighted by molar-refractivity contribution is -0.117. The first kappa shape index (κ1) is 17.3. The fourth-order valence-corrected chi connectivity index (χ4v) is 3.72. The highest BCUT2D eigenvalue weighted by atomic mass is 32.1. The van der Waals surface area contributed by atoms with E-state index < -0.39 is 0 Å². The van der Waals surface area contributed by atoms with Gasteiger partial charge in [0.25, 0.3) is 0 Å². The fraction of sp³-hybridized carbons (Fsp3) is 0.200. The van der Waals surface area contributed by atoms with Crippen LogP contribution in [0.15, 0.2) is 53.9 Å². The number of anilines is 1. The zero-order chi connectivity index (χ0) is 17.8. The van der Waals surface area contributed by atoms with Gasteiger partial charge < -0.3 is 5.32 Å². The van der Waals surface area contributed by atoms with E-state index in [9.17, 15) is 9.59 Å². The molecule has 0 spiro atoms. The van der Waals surface area contributed by atoms with Crippen LogP contribution in [0.5, 0.6) is 0 Å². The Morgan fingerprint density at radius 3 is 2.72 bits per heavy atom. The van der Waals surface area contributed by atoms with Gasteiger partial charge >= 0.3 is 0 Å². The Labute approximate surface area is 151 Å². The van der Waals surface area contributed by atoms with E-state index in [4.69, 9.17) is 0 Å². The maximum atomic E-state index is 12.3. The Balaban J connectivity index is 1.61. The predicted molar refractivity (Wildman–Crippen MR) is 103 cm³/mol. The Morgan fingerprint density at radius 2 is 1.92 bits per heavy atom. The molecule has 0 atom stereocenters. The number of nitrogens with zero attached hydrogens (tertiary/aromatic N) is 1. The minimum atomic E-state index is -0.0947. The highest BCUT2D eigenvalue weighted by Gasteiger charge is 2.11. The number of likely N-dealkylation sites (N-methyl/N-ethyl adjacent to an activating group) is 1. The standard InChI is InChI=1S/C20H20N2O2S/c1-14(23)15-6-5-7-17(10-15)21-20(24)12-22(2)11-16-13-25-19-9-4-3-8-18(16)19/h3-10,13H,11-12H2,1-2H3,(H,21,24). The number of fused-ring (bicyclic) bond motifs is 1. The van der Waals surface area contributed by atoms with Crippen molar-refractivity contribution in [3.05, 3.63) is 65.0 Å². The van der Waals surface area contributed by atoms with E-state index in [1.807, 2.05) is 24.1 Å². The van der Waals surface area contributed by atoms with Crippen molar-refractivity contribution in [2.75, 3.05) is 18.9 Å². The maximum absolute atomic E-state index is 12.3. The van der Waals surface area contributed by atoms with Crippen molar-refractivity contribution in [2.24, 2.45) is 0 Å². The summed E-state index contributed by atoms with van der Waals surface area (Å²) in [5.74, 6) is -0.111. The third kappa shape index (κ3) is 4.32. The molecule has 2 aromatic carbocycles. The zero-order valence-electron chi connectivity index (χ0n) is 14.3. The molecule has 0 aliphatic carbocycles. The molecule has 0 saturated heterocycles. The van der Waals surface area contributed by atoms with Gasteiger partial charge in [-0.3, -0.25) is 14.5 Å². The van der Waals surface area contributed by atoms with Crippen molar-refractivity contribution >= 4 is 38.8 Å². The molecule has 0 unspecified atom stereocenters. The second kappa shape index (κ2) is 7.59. The molecule has 5 heteroatoms. The highest BCUT2D eigenvalue weighted by molar-refractivity contribution is 7.17. The van der Waals surface area contributed by atoms with Crippen LogP contribution in [0.4, 0.5) is 5.69 Å². The van der Waals surface area contributed by atoms with Gasteiger partial charge in [0, 0.05) is 22.5 Å². The third-order valence-corrected chi connectivity index (χ3v) is 4.98. The third-order valence-electron chi connectivity index (χ3n) is 3.97.